The van der Waals surface area contributed by atoms with Gasteiger partial charge in [-0.2, -0.15) is 5.10 Å². The molecule has 0 spiro atoms. The Balaban J connectivity index is 2.29. The van der Waals surface area contributed by atoms with Gasteiger partial charge in [-0.3, -0.25) is 10.5 Å². The number of hydrazine groups is 1. The number of methoxy groups -OCH3 is 1. The second-order valence-electron chi connectivity index (χ2n) is 4.36. The minimum Gasteiger partial charge on any atom is -0.381 e. The van der Waals surface area contributed by atoms with E-state index in [1.54, 1.807) is 13.3 Å². The number of hydrogen-bond donors (Lipinski definition) is 2. The predicted octanol–water partition coefficient (Wildman–Crippen LogP) is 0.120. The molecular formula is C11H20N4O2. The normalized spacial score (nSPS) is 21.4. The Morgan fingerprint density at radius 3 is 2.76 bits per heavy atom. The number of aromatic nitrogens is 2. The Morgan fingerprint density at radius 2 is 2.29 bits per heavy atom. The monoisotopic (exact) mass is 240 g/mol. The first kappa shape index (κ1) is 12.5. The van der Waals surface area contributed by atoms with Crippen LogP contribution in [-0.4, -0.2) is 35.7 Å². The van der Waals surface area contributed by atoms with Crippen LogP contribution >= 0.6 is 0 Å². The maximum atomic E-state index is 5.75. The van der Waals surface area contributed by atoms with Crippen LogP contribution in [0, 0.1) is 0 Å². The van der Waals surface area contributed by atoms with E-state index in [1.165, 1.54) is 0 Å². The van der Waals surface area contributed by atoms with E-state index >= 15 is 0 Å². The van der Waals surface area contributed by atoms with Crippen LogP contribution in [0.3, 0.4) is 0 Å². The van der Waals surface area contributed by atoms with Crippen molar-refractivity contribution in [1.82, 2.24) is 15.2 Å². The van der Waals surface area contributed by atoms with Gasteiger partial charge in [0.05, 0.1) is 17.3 Å². The molecule has 17 heavy (non-hydrogen) atoms. The van der Waals surface area contributed by atoms with Gasteiger partial charge in [-0.25, -0.2) is 5.43 Å². The van der Waals surface area contributed by atoms with Crippen LogP contribution in [0.2, 0.25) is 0 Å². The van der Waals surface area contributed by atoms with Crippen molar-refractivity contribution < 1.29 is 9.47 Å². The molecule has 1 aliphatic rings. The molecule has 2 heterocycles. The van der Waals surface area contributed by atoms with Gasteiger partial charge in [0.1, 0.15) is 0 Å². The second kappa shape index (κ2) is 5.14. The fraction of sp³-hybridized carbons (Fsp3) is 0.727. The van der Waals surface area contributed by atoms with Gasteiger partial charge in [0.25, 0.3) is 0 Å². The zero-order valence-corrected chi connectivity index (χ0v) is 10.3. The van der Waals surface area contributed by atoms with Crippen molar-refractivity contribution in [3.63, 3.8) is 0 Å². The summed E-state index contributed by atoms with van der Waals surface area (Å²) < 4.78 is 13.0. The molecular weight excluding hydrogens is 220 g/mol. The third-order valence-corrected chi connectivity index (χ3v) is 3.59. The van der Waals surface area contributed by atoms with Crippen molar-refractivity contribution in [3.05, 3.63) is 18.0 Å². The number of aryl methyl sites for hydroxylation is 1. The van der Waals surface area contributed by atoms with E-state index in [2.05, 4.69) is 10.5 Å². The van der Waals surface area contributed by atoms with Crippen molar-refractivity contribution in [2.45, 2.75) is 24.5 Å². The lowest BCUT2D eigenvalue weighted by Gasteiger charge is -2.41. The zero-order valence-electron chi connectivity index (χ0n) is 10.3. The quantitative estimate of drug-likeness (QED) is 0.577. The lowest BCUT2D eigenvalue weighted by atomic mass is 9.84. The van der Waals surface area contributed by atoms with Crippen molar-refractivity contribution in [1.29, 1.82) is 0 Å². The van der Waals surface area contributed by atoms with Gasteiger partial charge in [-0.15, -0.1) is 0 Å². The van der Waals surface area contributed by atoms with Crippen molar-refractivity contribution in [3.8, 4) is 0 Å². The van der Waals surface area contributed by atoms with Crippen LogP contribution in [0.1, 0.15) is 24.6 Å². The first-order valence-electron chi connectivity index (χ1n) is 5.80. The lowest BCUT2D eigenvalue weighted by Crippen LogP contribution is -2.51. The Labute approximate surface area is 101 Å². The third-order valence-electron chi connectivity index (χ3n) is 3.59. The molecule has 3 N–H and O–H groups in total. The summed E-state index contributed by atoms with van der Waals surface area (Å²) in [6.07, 6.45) is 3.41. The molecule has 0 aliphatic carbocycles. The largest absolute Gasteiger partial charge is 0.381 e. The first-order valence-corrected chi connectivity index (χ1v) is 5.80. The molecule has 0 saturated carbocycles. The molecule has 0 radical (unpaired) electrons. The highest BCUT2D eigenvalue weighted by atomic mass is 16.5. The maximum absolute atomic E-state index is 5.75. The summed E-state index contributed by atoms with van der Waals surface area (Å²) in [7, 11) is 3.63. The standard InChI is InChI=1S/C11H20N4O2/c1-15-9(3-6-13-15)10(14-12)11(16-2)4-7-17-8-5-11/h3,6,10,14H,4-5,7-8,12H2,1-2H3. The summed E-state index contributed by atoms with van der Waals surface area (Å²) >= 11 is 0. The van der Waals surface area contributed by atoms with Crippen LogP contribution in [0.4, 0.5) is 0 Å². The van der Waals surface area contributed by atoms with Crippen LogP contribution in [-0.2, 0) is 16.5 Å². The number of hydrogen-bond acceptors (Lipinski definition) is 5. The maximum Gasteiger partial charge on any atom is 0.0944 e. The average Bonchev–Trinajstić information content (AvgIpc) is 2.78. The number of ether oxygens (including phenoxy) is 2. The third kappa shape index (κ3) is 2.21. The van der Waals surface area contributed by atoms with Gasteiger partial charge in [-0.05, 0) is 6.07 Å². The second-order valence-corrected chi connectivity index (χ2v) is 4.36. The predicted molar refractivity (Wildman–Crippen MR) is 63.1 cm³/mol. The fourth-order valence-corrected chi connectivity index (χ4v) is 2.50. The molecule has 0 aromatic carbocycles. The molecule has 0 amide bonds. The molecule has 96 valence electrons. The van der Waals surface area contributed by atoms with Crippen LogP contribution in [0.25, 0.3) is 0 Å². The molecule has 6 nitrogen and oxygen atoms in total. The number of rotatable bonds is 4. The van der Waals surface area contributed by atoms with Gasteiger partial charge < -0.3 is 9.47 Å². The zero-order chi connectivity index (χ0) is 12.3. The van der Waals surface area contributed by atoms with E-state index in [0.29, 0.717) is 13.2 Å². The molecule has 2 rings (SSSR count). The Bertz CT molecular complexity index is 360. The van der Waals surface area contributed by atoms with E-state index < -0.39 is 0 Å². The molecule has 1 unspecified atom stereocenters. The summed E-state index contributed by atoms with van der Waals surface area (Å²) in [6.45, 7) is 1.40. The number of nitrogens with one attached hydrogen (secondary N) is 1. The van der Waals surface area contributed by atoms with Crippen molar-refractivity contribution in [2.75, 3.05) is 20.3 Å². The van der Waals surface area contributed by atoms with E-state index in [-0.39, 0.29) is 11.6 Å². The van der Waals surface area contributed by atoms with Crippen LogP contribution < -0.4 is 11.3 Å². The average molecular weight is 240 g/mol. The SMILES string of the molecule is COC1(C(NN)c2ccnn2C)CCOCC1. The highest BCUT2D eigenvalue weighted by Crippen LogP contribution is 2.36. The van der Waals surface area contributed by atoms with E-state index in [0.717, 1.165) is 18.5 Å². The summed E-state index contributed by atoms with van der Waals surface area (Å²) in [5, 5.41) is 4.18. The van der Waals surface area contributed by atoms with Crippen LogP contribution in [0.5, 0.6) is 0 Å². The molecule has 1 aromatic rings. The molecule has 1 saturated heterocycles. The summed E-state index contributed by atoms with van der Waals surface area (Å²) in [5.41, 5.74) is 3.57. The van der Waals surface area contributed by atoms with Gasteiger partial charge in [0.15, 0.2) is 0 Å². The number of nitrogens with zero attached hydrogens (tertiary/aromatic N) is 2. The van der Waals surface area contributed by atoms with Gasteiger partial charge >= 0.3 is 0 Å². The Morgan fingerprint density at radius 1 is 1.59 bits per heavy atom. The topological polar surface area (TPSA) is 74.3 Å². The summed E-state index contributed by atoms with van der Waals surface area (Å²) in [5.74, 6) is 5.71. The van der Waals surface area contributed by atoms with Gasteiger partial charge in [0.2, 0.25) is 0 Å². The highest BCUT2D eigenvalue weighted by Gasteiger charge is 2.42. The van der Waals surface area contributed by atoms with E-state index in [4.69, 9.17) is 15.3 Å². The lowest BCUT2D eigenvalue weighted by molar-refractivity contribution is -0.113. The molecule has 1 atom stereocenters. The Kier molecular flexibility index (Phi) is 3.78. The number of nitrogens with two attached hydrogens (primary N) is 1. The molecule has 1 fully saturated rings. The molecule has 6 heteroatoms. The van der Waals surface area contributed by atoms with Gasteiger partial charge in [-0.1, -0.05) is 0 Å². The summed E-state index contributed by atoms with van der Waals surface area (Å²) in [6, 6.07) is 1.88. The van der Waals surface area contributed by atoms with E-state index in [9.17, 15) is 0 Å². The summed E-state index contributed by atoms with van der Waals surface area (Å²) in [4.78, 5) is 0. The molecule has 0 bridgehead atoms. The van der Waals surface area contributed by atoms with Crippen molar-refractivity contribution in [2.24, 2.45) is 12.9 Å². The first-order chi connectivity index (χ1) is 8.23. The molecule has 1 aliphatic heterocycles. The Hall–Kier alpha value is -0.950. The smallest absolute Gasteiger partial charge is 0.0944 e. The molecule has 1 aromatic heterocycles. The van der Waals surface area contributed by atoms with E-state index in [1.807, 2.05) is 17.8 Å². The highest BCUT2D eigenvalue weighted by molar-refractivity contribution is 5.13. The minimum absolute atomic E-state index is 0.0797. The fourth-order valence-electron chi connectivity index (χ4n) is 2.50. The minimum atomic E-state index is -0.319. The van der Waals surface area contributed by atoms with Crippen molar-refractivity contribution >= 4 is 0 Å². The van der Waals surface area contributed by atoms with Crippen LogP contribution in [0.15, 0.2) is 12.3 Å². The van der Waals surface area contributed by atoms with Gasteiger partial charge in [0, 0.05) is 46.4 Å².